The molecule has 36 heavy (non-hydrogen) atoms. The number of pyridine rings is 2. The Labute approximate surface area is 209 Å². The molecule has 5 heteroatoms. The van der Waals surface area contributed by atoms with Gasteiger partial charge in [-0.25, -0.2) is 15.0 Å². The van der Waals surface area contributed by atoms with Crippen LogP contribution in [-0.2, 0) is 0 Å². The molecule has 0 aliphatic heterocycles. The molecule has 0 aliphatic rings. The summed E-state index contributed by atoms with van der Waals surface area (Å²) < 4.78 is 0. The molecule has 5 nitrogen and oxygen atoms in total. The standard InChI is InChI=1S/C31H21N5/c1-3-7-22(8-4-1)27-12-11-26(21-28(27)23-9-5-2-6-10-23)31-35-29(24-13-17-32-18-14-24)34-30(36-31)25-15-19-33-20-16-25/h1-21H. The van der Waals surface area contributed by atoms with Gasteiger partial charge >= 0.3 is 0 Å². The predicted octanol–water partition coefficient (Wildman–Crippen LogP) is 7.00. The van der Waals surface area contributed by atoms with Crippen molar-refractivity contribution in [2.24, 2.45) is 0 Å². The van der Waals surface area contributed by atoms with Crippen LogP contribution in [0.15, 0.2) is 128 Å². The zero-order valence-electron chi connectivity index (χ0n) is 19.4. The second-order valence-electron chi connectivity index (χ2n) is 8.27. The van der Waals surface area contributed by atoms with Gasteiger partial charge in [0.25, 0.3) is 0 Å². The average Bonchev–Trinajstić information content (AvgIpc) is 2.98. The van der Waals surface area contributed by atoms with Gasteiger partial charge in [0.2, 0.25) is 0 Å². The first-order valence-electron chi connectivity index (χ1n) is 11.7. The summed E-state index contributed by atoms with van der Waals surface area (Å²) in [5.41, 5.74) is 7.26. The molecule has 3 heterocycles. The van der Waals surface area contributed by atoms with E-state index in [1.54, 1.807) is 24.8 Å². The maximum atomic E-state index is 4.87. The zero-order valence-corrected chi connectivity index (χ0v) is 19.4. The Morgan fingerprint density at radius 1 is 0.333 bits per heavy atom. The Balaban J connectivity index is 1.55. The molecular weight excluding hydrogens is 442 g/mol. The SMILES string of the molecule is c1ccc(-c2ccc(-c3nc(-c4ccncc4)nc(-c4ccncc4)n3)cc2-c2ccccc2)cc1. The molecule has 170 valence electrons. The molecule has 6 rings (SSSR count). The van der Waals surface area contributed by atoms with E-state index in [9.17, 15) is 0 Å². The molecular formula is C31H21N5. The van der Waals surface area contributed by atoms with Crippen molar-refractivity contribution in [3.05, 3.63) is 128 Å². The summed E-state index contributed by atoms with van der Waals surface area (Å²) >= 11 is 0. The van der Waals surface area contributed by atoms with Gasteiger partial charge in [-0.2, -0.15) is 0 Å². The maximum absolute atomic E-state index is 4.87. The summed E-state index contributed by atoms with van der Waals surface area (Å²) in [7, 11) is 0. The third-order valence-electron chi connectivity index (χ3n) is 5.96. The van der Waals surface area contributed by atoms with Crippen LogP contribution >= 0.6 is 0 Å². The molecule has 0 bridgehead atoms. The van der Waals surface area contributed by atoms with Crippen LogP contribution in [0.2, 0.25) is 0 Å². The topological polar surface area (TPSA) is 64.5 Å². The van der Waals surface area contributed by atoms with Crippen molar-refractivity contribution in [3.63, 3.8) is 0 Å². The molecule has 0 spiro atoms. The molecule has 0 radical (unpaired) electrons. The highest BCUT2D eigenvalue weighted by Crippen LogP contribution is 2.35. The molecule has 0 atom stereocenters. The molecule has 3 aromatic carbocycles. The first-order valence-corrected chi connectivity index (χ1v) is 11.7. The minimum Gasteiger partial charge on any atom is -0.265 e. The number of hydrogen-bond donors (Lipinski definition) is 0. The molecule has 0 amide bonds. The molecule has 0 saturated carbocycles. The molecule has 0 fully saturated rings. The van der Waals surface area contributed by atoms with Crippen LogP contribution in [-0.4, -0.2) is 24.9 Å². The highest BCUT2D eigenvalue weighted by Gasteiger charge is 2.15. The van der Waals surface area contributed by atoms with Crippen LogP contribution in [0.3, 0.4) is 0 Å². The van der Waals surface area contributed by atoms with Gasteiger partial charge in [-0.1, -0.05) is 72.8 Å². The summed E-state index contributed by atoms with van der Waals surface area (Å²) in [5.74, 6) is 1.81. The fraction of sp³-hybridized carbons (Fsp3) is 0. The van der Waals surface area contributed by atoms with E-state index in [4.69, 9.17) is 15.0 Å². The van der Waals surface area contributed by atoms with Gasteiger partial charge in [-0.05, 0) is 52.6 Å². The lowest BCUT2D eigenvalue weighted by molar-refractivity contribution is 1.07. The van der Waals surface area contributed by atoms with Gasteiger partial charge in [0.05, 0.1) is 0 Å². The summed E-state index contributed by atoms with van der Waals surface area (Å²) in [6.07, 6.45) is 6.97. The third-order valence-corrected chi connectivity index (χ3v) is 5.96. The smallest absolute Gasteiger partial charge is 0.164 e. The first kappa shape index (κ1) is 21.5. The highest BCUT2D eigenvalue weighted by atomic mass is 15.0. The molecule has 0 saturated heterocycles. The summed E-state index contributed by atoms with van der Waals surface area (Å²) in [5, 5.41) is 0. The van der Waals surface area contributed by atoms with Gasteiger partial charge in [0.1, 0.15) is 0 Å². The van der Waals surface area contributed by atoms with Crippen molar-refractivity contribution < 1.29 is 0 Å². The normalized spacial score (nSPS) is 10.8. The number of rotatable bonds is 5. The fourth-order valence-electron chi connectivity index (χ4n) is 4.17. The second-order valence-corrected chi connectivity index (χ2v) is 8.27. The third kappa shape index (κ3) is 4.38. The lowest BCUT2D eigenvalue weighted by Gasteiger charge is -2.13. The lowest BCUT2D eigenvalue weighted by Crippen LogP contribution is -2.00. The Hall–Kier alpha value is -5.03. The predicted molar refractivity (Wildman–Crippen MR) is 143 cm³/mol. The van der Waals surface area contributed by atoms with Crippen molar-refractivity contribution in [1.82, 2.24) is 24.9 Å². The number of nitrogens with zero attached hydrogens (tertiary/aromatic N) is 5. The van der Waals surface area contributed by atoms with Gasteiger partial charge in [-0.15, -0.1) is 0 Å². The van der Waals surface area contributed by atoms with Crippen LogP contribution in [0.4, 0.5) is 0 Å². The maximum Gasteiger partial charge on any atom is 0.164 e. The zero-order chi connectivity index (χ0) is 24.2. The minimum atomic E-state index is 0.600. The summed E-state index contributed by atoms with van der Waals surface area (Å²) in [6.45, 7) is 0. The van der Waals surface area contributed by atoms with Crippen LogP contribution in [0.25, 0.3) is 56.4 Å². The Bertz CT molecular complexity index is 1550. The molecule has 0 unspecified atom stereocenters. The minimum absolute atomic E-state index is 0.600. The average molecular weight is 464 g/mol. The number of hydrogen-bond acceptors (Lipinski definition) is 5. The molecule has 6 aromatic rings. The van der Waals surface area contributed by atoms with Crippen molar-refractivity contribution in [2.45, 2.75) is 0 Å². The van der Waals surface area contributed by atoms with E-state index in [1.165, 1.54) is 0 Å². The van der Waals surface area contributed by atoms with Gasteiger partial charge < -0.3 is 0 Å². The van der Waals surface area contributed by atoms with E-state index in [0.29, 0.717) is 17.5 Å². The van der Waals surface area contributed by atoms with E-state index in [1.807, 2.05) is 36.4 Å². The summed E-state index contributed by atoms with van der Waals surface area (Å²) in [4.78, 5) is 22.8. The van der Waals surface area contributed by atoms with Crippen molar-refractivity contribution in [3.8, 4) is 56.4 Å². The fourth-order valence-corrected chi connectivity index (χ4v) is 4.17. The van der Waals surface area contributed by atoms with Crippen molar-refractivity contribution in [2.75, 3.05) is 0 Å². The van der Waals surface area contributed by atoms with Crippen molar-refractivity contribution in [1.29, 1.82) is 0 Å². The van der Waals surface area contributed by atoms with Crippen molar-refractivity contribution >= 4 is 0 Å². The number of benzene rings is 3. The monoisotopic (exact) mass is 463 g/mol. The van der Waals surface area contributed by atoms with Crippen LogP contribution in [0.1, 0.15) is 0 Å². The molecule has 3 aromatic heterocycles. The Morgan fingerprint density at radius 3 is 1.28 bits per heavy atom. The van der Waals surface area contributed by atoms with E-state index >= 15 is 0 Å². The number of aromatic nitrogens is 5. The molecule has 0 N–H and O–H groups in total. The lowest BCUT2D eigenvalue weighted by atomic mass is 9.92. The largest absolute Gasteiger partial charge is 0.265 e. The first-order chi connectivity index (χ1) is 17.8. The Kier molecular flexibility index (Phi) is 5.78. The van der Waals surface area contributed by atoms with Crippen LogP contribution in [0, 0.1) is 0 Å². The summed E-state index contributed by atoms with van der Waals surface area (Å²) in [6, 6.07) is 34.8. The van der Waals surface area contributed by atoms with E-state index in [2.05, 4.69) is 76.7 Å². The quantitative estimate of drug-likeness (QED) is 0.275. The van der Waals surface area contributed by atoms with E-state index in [0.717, 1.165) is 38.9 Å². The van der Waals surface area contributed by atoms with E-state index < -0.39 is 0 Å². The molecule has 0 aliphatic carbocycles. The van der Waals surface area contributed by atoms with Gasteiger partial charge in [0, 0.05) is 41.5 Å². The van der Waals surface area contributed by atoms with Crippen LogP contribution in [0.5, 0.6) is 0 Å². The van der Waals surface area contributed by atoms with E-state index in [-0.39, 0.29) is 0 Å². The highest BCUT2D eigenvalue weighted by molar-refractivity contribution is 5.86. The van der Waals surface area contributed by atoms with Crippen LogP contribution < -0.4 is 0 Å². The van der Waals surface area contributed by atoms with Gasteiger partial charge in [0.15, 0.2) is 17.5 Å². The van der Waals surface area contributed by atoms with Gasteiger partial charge in [-0.3, -0.25) is 9.97 Å². The second kappa shape index (κ2) is 9.68. The Morgan fingerprint density at radius 2 is 0.778 bits per heavy atom.